The molecule has 1 unspecified atom stereocenters. The Kier molecular flexibility index (Phi) is 4.44. The molecule has 0 spiro atoms. The number of nitrogens with zero attached hydrogens (tertiary/aromatic N) is 1. The van der Waals surface area contributed by atoms with Crippen molar-refractivity contribution < 1.29 is 13.9 Å². The van der Waals surface area contributed by atoms with Crippen molar-refractivity contribution in [2.24, 2.45) is 11.8 Å². The van der Waals surface area contributed by atoms with E-state index in [9.17, 15) is 9.59 Å². The lowest BCUT2D eigenvalue weighted by Gasteiger charge is -2.22. The Balaban J connectivity index is 1.49. The molecule has 0 aliphatic carbocycles. The third-order valence-corrected chi connectivity index (χ3v) is 5.54. The van der Waals surface area contributed by atoms with E-state index in [4.69, 9.17) is 9.15 Å². The largest absolute Gasteiger partial charge is 0.481 e. The van der Waals surface area contributed by atoms with Gasteiger partial charge in [0, 0.05) is 43.7 Å². The van der Waals surface area contributed by atoms with Gasteiger partial charge in [0.05, 0.1) is 0 Å². The molecule has 2 aromatic rings. The highest BCUT2D eigenvalue weighted by molar-refractivity contribution is 5.83. The second-order valence-corrected chi connectivity index (χ2v) is 7.28. The molecule has 2 aliphatic rings. The highest BCUT2D eigenvalue weighted by atomic mass is 16.5. The quantitative estimate of drug-likeness (QED) is 0.846. The van der Waals surface area contributed by atoms with Crippen molar-refractivity contribution in [3.05, 3.63) is 40.2 Å². The van der Waals surface area contributed by atoms with E-state index in [1.807, 2.05) is 24.0 Å². The number of nitrogens with one attached hydrogen (secondary N) is 1. The zero-order valence-corrected chi connectivity index (χ0v) is 15.2. The molecule has 1 N–H and O–H groups in total. The summed E-state index contributed by atoms with van der Waals surface area (Å²) in [4.78, 5) is 26.3. The molecule has 6 nitrogen and oxygen atoms in total. The van der Waals surface area contributed by atoms with Crippen LogP contribution in [0.5, 0.6) is 5.75 Å². The second kappa shape index (κ2) is 6.76. The van der Waals surface area contributed by atoms with Crippen LogP contribution in [0.15, 0.2) is 33.5 Å². The molecule has 4 rings (SSSR count). The van der Waals surface area contributed by atoms with Gasteiger partial charge in [-0.25, -0.2) is 4.79 Å². The molecular formula is C20H24N2O4. The van der Waals surface area contributed by atoms with Crippen molar-refractivity contribution in [3.8, 4) is 5.75 Å². The smallest absolute Gasteiger partial charge is 0.336 e. The van der Waals surface area contributed by atoms with Gasteiger partial charge in [-0.1, -0.05) is 6.92 Å². The molecule has 3 atom stereocenters. The Morgan fingerprint density at radius 1 is 1.31 bits per heavy atom. The first-order valence-electron chi connectivity index (χ1n) is 9.28. The Hall–Kier alpha value is -2.34. The van der Waals surface area contributed by atoms with Crippen LogP contribution in [0, 0.1) is 11.8 Å². The predicted octanol–water partition coefficient (Wildman–Crippen LogP) is 1.80. The van der Waals surface area contributed by atoms with Gasteiger partial charge in [0.1, 0.15) is 11.3 Å². The fourth-order valence-corrected chi connectivity index (χ4v) is 4.12. The molecule has 0 bridgehead atoms. The van der Waals surface area contributed by atoms with Crippen LogP contribution in [-0.2, 0) is 11.2 Å². The topological polar surface area (TPSA) is 71.8 Å². The van der Waals surface area contributed by atoms with Gasteiger partial charge in [0.25, 0.3) is 5.91 Å². The number of ether oxygens (including phenoxy) is 1. The van der Waals surface area contributed by atoms with Crippen molar-refractivity contribution >= 4 is 16.9 Å². The van der Waals surface area contributed by atoms with Crippen LogP contribution >= 0.6 is 0 Å². The van der Waals surface area contributed by atoms with Crippen LogP contribution in [0.3, 0.4) is 0 Å². The van der Waals surface area contributed by atoms with Crippen LogP contribution < -0.4 is 15.7 Å². The average Bonchev–Trinajstić information content (AvgIpc) is 3.21. The number of likely N-dealkylation sites (tertiary alicyclic amines) is 1. The summed E-state index contributed by atoms with van der Waals surface area (Å²) in [6.45, 7) is 7.37. The summed E-state index contributed by atoms with van der Waals surface area (Å²) >= 11 is 0. The monoisotopic (exact) mass is 356 g/mol. The molecule has 3 heterocycles. The van der Waals surface area contributed by atoms with Gasteiger partial charge in [-0.3, -0.25) is 4.79 Å². The third kappa shape index (κ3) is 3.09. The van der Waals surface area contributed by atoms with E-state index in [2.05, 4.69) is 5.32 Å². The maximum absolute atomic E-state index is 12.7. The molecule has 138 valence electrons. The zero-order valence-electron chi connectivity index (χ0n) is 15.2. The first-order valence-corrected chi connectivity index (χ1v) is 9.28. The van der Waals surface area contributed by atoms with Crippen molar-refractivity contribution in [1.29, 1.82) is 0 Å². The molecule has 6 heteroatoms. The third-order valence-electron chi connectivity index (χ3n) is 5.54. The van der Waals surface area contributed by atoms with E-state index in [0.29, 0.717) is 23.2 Å². The van der Waals surface area contributed by atoms with Gasteiger partial charge in [0.2, 0.25) is 0 Å². The van der Waals surface area contributed by atoms with Gasteiger partial charge in [-0.05, 0) is 42.9 Å². The number of rotatable bonds is 4. The Bertz CT molecular complexity index is 879. The second-order valence-electron chi connectivity index (χ2n) is 7.28. The average molecular weight is 356 g/mol. The minimum atomic E-state index is -0.569. The van der Waals surface area contributed by atoms with E-state index in [1.165, 1.54) is 6.07 Å². The van der Waals surface area contributed by atoms with E-state index in [-0.39, 0.29) is 11.5 Å². The number of hydrogen-bond donors (Lipinski definition) is 1. The van der Waals surface area contributed by atoms with E-state index < -0.39 is 6.10 Å². The van der Waals surface area contributed by atoms with Crippen LogP contribution in [0.2, 0.25) is 0 Å². The molecule has 26 heavy (non-hydrogen) atoms. The Labute approximate surface area is 152 Å². The van der Waals surface area contributed by atoms with Gasteiger partial charge in [-0.2, -0.15) is 0 Å². The van der Waals surface area contributed by atoms with Gasteiger partial charge in [-0.15, -0.1) is 0 Å². The van der Waals surface area contributed by atoms with Crippen molar-refractivity contribution in [1.82, 2.24) is 10.2 Å². The molecule has 0 saturated carbocycles. The minimum absolute atomic E-state index is 0.0169. The van der Waals surface area contributed by atoms with Gasteiger partial charge < -0.3 is 19.4 Å². The number of benzene rings is 1. The van der Waals surface area contributed by atoms with Gasteiger partial charge >= 0.3 is 5.63 Å². The summed E-state index contributed by atoms with van der Waals surface area (Å²) in [5, 5.41) is 4.28. The van der Waals surface area contributed by atoms with Crippen molar-refractivity contribution in [2.45, 2.75) is 26.4 Å². The first kappa shape index (κ1) is 17.1. The number of hydrogen-bond acceptors (Lipinski definition) is 5. The van der Waals surface area contributed by atoms with Crippen LogP contribution in [-0.4, -0.2) is 43.1 Å². The SMILES string of the molecule is CCc1cc(=O)oc2cc(OC(C)C(=O)N3C[C@H]4CNC[C@H]4C3)ccc12. The molecule has 2 fully saturated rings. The van der Waals surface area contributed by atoms with E-state index in [0.717, 1.165) is 43.5 Å². The Morgan fingerprint density at radius 2 is 2.04 bits per heavy atom. The van der Waals surface area contributed by atoms with Gasteiger partial charge in [0.15, 0.2) is 6.10 Å². The first-order chi connectivity index (χ1) is 12.5. The highest BCUT2D eigenvalue weighted by Gasteiger charge is 2.39. The van der Waals surface area contributed by atoms with Crippen LogP contribution in [0.25, 0.3) is 11.0 Å². The molecule has 1 amide bonds. The maximum atomic E-state index is 12.7. The normalized spacial score (nSPS) is 23.2. The summed E-state index contributed by atoms with van der Waals surface area (Å²) in [6.07, 6.45) is 0.184. The summed E-state index contributed by atoms with van der Waals surface area (Å²) < 4.78 is 11.2. The highest BCUT2D eigenvalue weighted by Crippen LogP contribution is 2.28. The lowest BCUT2D eigenvalue weighted by molar-refractivity contribution is -0.137. The number of carbonyl (C=O) groups excluding carboxylic acids is 1. The van der Waals surface area contributed by atoms with E-state index >= 15 is 0 Å². The molecule has 1 aromatic heterocycles. The fraction of sp³-hybridized carbons (Fsp3) is 0.500. The zero-order chi connectivity index (χ0) is 18.3. The van der Waals surface area contributed by atoms with Crippen LogP contribution in [0.1, 0.15) is 19.4 Å². The van der Waals surface area contributed by atoms with Crippen molar-refractivity contribution in [3.63, 3.8) is 0 Å². The number of aryl methyl sites for hydroxylation is 1. The summed E-state index contributed by atoms with van der Waals surface area (Å²) in [5.74, 6) is 1.68. The molecular weight excluding hydrogens is 332 g/mol. The number of fused-ring (bicyclic) bond motifs is 2. The lowest BCUT2D eigenvalue weighted by atomic mass is 10.0. The molecule has 2 aliphatic heterocycles. The number of amides is 1. The fourth-order valence-electron chi connectivity index (χ4n) is 4.12. The Morgan fingerprint density at radius 3 is 2.73 bits per heavy atom. The maximum Gasteiger partial charge on any atom is 0.336 e. The number of carbonyl (C=O) groups is 1. The standard InChI is InChI=1S/C20H24N2O4/c1-3-13-6-19(23)26-18-7-16(4-5-17(13)18)25-12(2)20(24)22-10-14-8-21-9-15(14)11-22/h4-7,12,14-15,21H,3,8-11H2,1-2H3/t12?,14-,15+. The predicted molar refractivity (Wildman–Crippen MR) is 98.4 cm³/mol. The summed E-state index contributed by atoms with van der Waals surface area (Å²) in [5.41, 5.74) is 1.07. The minimum Gasteiger partial charge on any atom is -0.481 e. The molecule has 1 aromatic carbocycles. The van der Waals surface area contributed by atoms with Crippen molar-refractivity contribution in [2.75, 3.05) is 26.2 Å². The van der Waals surface area contributed by atoms with E-state index in [1.54, 1.807) is 13.0 Å². The summed E-state index contributed by atoms with van der Waals surface area (Å²) in [6, 6.07) is 6.93. The summed E-state index contributed by atoms with van der Waals surface area (Å²) in [7, 11) is 0. The molecule has 2 saturated heterocycles. The molecule has 0 radical (unpaired) electrons. The van der Waals surface area contributed by atoms with Crippen LogP contribution in [0.4, 0.5) is 0 Å². The lowest BCUT2D eigenvalue weighted by Crippen LogP contribution is -2.40.